The highest BCUT2D eigenvalue weighted by molar-refractivity contribution is 9.10. The molecule has 4 nitrogen and oxygen atoms in total. The van der Waals surface area contributed by atoms with Gasteiger partial charge in [-0.15, -0.1) is 23.2 Å². The molecule has 2 amide bonds. The molecule has 2 saturated carbocycles. The molecule has 4 rings (SSSR count). The van der Waals surface area contributed by atoms with Gasteiger partial charge in [-0.3, -0.25) is 9.59 Å². The first-order valence-electron chi connectivity index (χ1n) is 9.50. The van der Waals surface area contributed by atoms with Gasteiger partial charge < -0.3 is 10.6 Å². The number of benzene rings is 2. The monoisotopic (exact) mass is 584 g/mol. The van der Waals surface area contributed by atoms with E-state index in [-0.39, 0.29) is 10.6 Å². The van der Waals surface area contributed by atoms with Gasteiger partial charge in [-0.2, -0.15) is 0 Å². The first-order valence-corrected chi connectivity index (χ1v) is 11.8. The molecule has 0 saturated heterocycles. The van der Waals surface area contributed by atoms with Crippen molar-refractivity contribution in [2.24, 2.45) is 5.92 Å². The van der Waals surface area contributed by atoms with Gasteiger partial charge >= 0.3 is 0 Å². The number of anilines is 1. The fraction of sp³-hybridized carbons (Fsp3) is 0.333. The molecule has 0 aromatic heterocycles. The molecule has 0 spiro atoms. The van der Waals surface area contributed by atoms with Crippen LogP contribution in [0.25, 0.3) is 0 Å². The van der Waals surface area contributed by atoms with Crippen molar-refractivity contribution >= 4 is 79.8 Å². The Labute approximate surface area is 211 Å². The lowest BCUT2D eigenvalue weighted by atomic mass is 9.88. The van der Waals surface area contributed by atoms with E-state index in [1.165, 1.54) is 18.2 Å². The van der Waals surface area contributed by atoms with Crippen molar-refractivity contribution in [2.45, 2.75) is 35.1 Å². The minimum atomic E-state index is -2.76. The van der Waals surface area contributed by atoms with E-state index in [0.29, 0.717) is 16.3 Å². The van der Waals surface area contributed by atoms with Gasteiger partial charge in [-0.05, 0) is 42.0 Å². The first-order chi connectivity index (χ1) is 14.9. The summed E-state index contributed by atoms with van der Waals surface area (Å²) in [5.74, 6) is -5.02. The average Bonchev–Trinajstić information content (AvgIpc) is 3.23. The summed E-state index contributed by atoms with van der Waals surface area (Å²) in [6.07, 6.45) is -0.827. The molecule has 2 aliphatic rings. The molecule has 2 aromatic carbocycles. The Bertz CT molecular complexity index is 1090. The molecular formula is C21H15BrCl4F2N2O2. The van der Waals surface area contributed by atoms with Gasteiger partial charge in [-0.25, -0.2) is 8.78 Å². The predicted octanol–water partition coefficient (Wildman–Crippen LogP) is 6.81. The molecule has 2 aliphatic carbocycles. The van der Waals surface area contributed by atoms with Crippen molar-refractivity contribution in [1.82, 2.24) is 5.32 Å². The van der Waals surface area contributed by atoms with E-state index in [2.05, 4.69) is 26.6 Å². The Kier molecular flexibility index (Phi) is 6.44. The summed E-state index contributed by atoms with van der Waals surface area (Å²) in [6, 6.07) is 8.91. The van der Waals surface area contributed by atoms with Crippen LogP contribution in [0.1, 0.15) is 34.7 Å². The van der Waals surface area contributed by atoms with Crippen LogP contribution in [-0.2, 0) is 4.79 Å². The summed E-state index contributed by atoms with van der Waals surface area (Å²) in [5.41, 5.74) is 1.07. The molecule has 11 heteroatoms. The van der Waals surface area contributed by atoms with E-state index in [0.717, 1.165) is 4.47 Å². The SMILES string of the molecule is O=C(NC1CC(F)(F)C1)c1cc(NC(=O)[C@H]2[C@H](c3cc(Cl)cc(Br)c3)C2(Cl)Cl)ccc1Cl. The maximum atomic E-state index is 13.0. The molecule has 0 bridgehead atoms. The van der Waals surface area contributed by atoms with Crippen LogP contribution < -0.4 is 10.6 Å². The minimum Gasteiger partial charge on any atom is -0.349 e. The third-order valence-electron chi connectivity index (χ3n) is 5.48. The summed E-state index contributed by atoms with van der Waals surface area (Å²) in [5, 5.41) is 5.82. The van der Waals surface area contributed by atoms with Gasteiger partial charge in [0, 0.05) is 40.0 Å². The van der Waals surface area contributed by atoms with E-state index >= 15 is 0 Å². The van der Waals surface area contributed by atoms with E-state index < -0.39 is 52.8 Å². The molecule has 0 radical (unpaired) electrons. The Morgan fingerprint density at radius 3 is 2.38 bits per heavy atom. The summed E-state index contributed by atoms with van der Waals surface area (Å²) in [4.78, 5) is 25.3. The van der Waals surface area contributed by atoms with Gasteiger partial charge in [-0.1, -0.05) is 39.1 Å². The van der Waals surface area contributed by atoms with E-state index in [4.69, 9.17) is 46.4 Å². The summed E-state index contributed by atoms with van der Waals surface area (Å²) >= 11 is 28.3. The number of hydrogen-bond acceptors (Lipinski definition) is 2. The Morgan fingerprint density at radius 2 is 1.75 bits per heavy atom. The molecule has 32 heavy (non-hydrogen) atoms. The van der Waals surface area contributed by atoms with Crippen LogP contribution in [0, 0.1) is 5.92 Å². The number of halogens is 7. The molecule has 2 N–H and O–H groups in total. The number of hydrogen-bond donors (Lipinski definition) is 2. The maximum Gasteiger partial charge on any atom is 0.253 e. The standard InChI is InChI=1S/C21H15BrCl4F2N2O2/c22-10-3-9(4-11(23)5-10)16-17(21(16,25)26)19(32)29-12-1-2-15(24)14(6-12)18(31)30-13-7-20(27,28)8-13/h1-6,13,16-17H,7-8H2,(H,29,32)(H,30,31)/t16-,17+/m0/s1. The third-order valence-corrected chi connectivity index (χ3v) is 7.43. The normalized spacial score (nSPS) is 23.2. The smallest absolute Gasteiger partial charge is 0.253 e. The van der Waals surface area contributed by atoms with Crippen LogP contribution in [0.5, 0.6) is 0 Å². The van der Waals surface area contributed by atoms with Gasteiger partial charge in [0.2, 0.25) is 5.91 Å². The molecule has 0 unspecified atom stereocenters. The average molecular weight is 587 g/mol. The first kappa shape index (κ1) is 24.0. The highest BCUT2D eigenvalue weighted by Crippen LogP contribution is 2.65. The third kappa shape index (κ3) is 4.87. The number of alkyl halides is 4. The lowest BCUT2D eigenvalue weighted by Crippen LogP contribution is -2.50. The van der Waals surface area contributed by atoms with Crippen LogP contribution in [0.2, 0.25) is 10.0 Å². The maximum absolute atomic E-state index is 13.0. The highest BCUT2D eigenvalue weighted by Gasteiger charge is 2.67. The summed E-state index contributed by atoms with van der Waals surface area (Å²) in [7, 11) is 0. The Morgan fingerprint density at radius 1 is 1.06 bits per heavy atom. The minimum absolute atomic E-state index is 0.0637. The zero-order chi connectivity index (χ0) is 23.4. The number of carbonyl (C=O) groups is 2. The molecule has 2 fully saturated rings. The van der Waals surface area contributed by atoms with Crippen LogP contribution >= 0.6 is 62.3 Å². The number of rotatable bonds is 5. The second-order valence-corrected chi connectivity index (χ2v) is 11.2. The summed E-state index contributed by atoms with van der Waals surface area (Å²) < 4.78 is 25.4. The molecule has 0 aliphatic heterocycles. The zero-order valence-corrected chi connectivity index (χ0v) is 20.7. The van der Waals surface area contributed by atoms with Crippen LogP contribution in [0.15, 0.2) is 40.9 Å². The van der Waals surface area contributed by atoms with E-state index in [9.17, 15) is 18.4 Å². The van der Waals surface area contributed by atoms with E-state index in [1.807, 2.05) is 0 Å². The largest absolute Gasteiger partial charge is 0.349 e. The fourth-order valence-electron chi connectivity index (χ4n) is 3.85. The molecular weight excluding hydrogens is 572 g/mol. The second-order valence-electron chi connectivity index (χ2n) is 7.95. The number of carbonyl (C=O) groups excluding carboxylic acids is 2. The second kappa shape index (κ2) is 8.58. The van der Waals surface area contributed by atoms with Gasteiger partial charge in [0.1, 0.15) is 4.33 Å². The quantitative estimate of drug-likeness (QED) is 0.378. The highest BCUT2D eigenvalue weighted by atomic mass is 79.9. The van der Waals surface area contributed by atoms with Crippen molar-refractivity contribution in [3.63, 3.8) is 0 Å². The van der Waals surface area contributed by atoms with Gasteiger partial charge in [0.05, 0.1) is 16.5 Å². The number of amides is 2. The number of nitrogens with one attached hydrogen (secondary N) is 2. The molecule has 2 atom stereocenters. The lowest BCUT2D eigenvalue weighted by molar-refractivity contribution is -0.117. The zero-order valence-electron chi connectivity index (χ0n) is 16.1. The molecule has 170 valence electrons. The van der Waals surface area contributed by atoms with Crippen molar-refractivity contribution in [3.05, 3.63) is 62.0 Å². The van der Waals surface area contributed by atoms with Crippen molar-refractivity contribution in [3.8, 4) is 0 Å². The van der Waals surface area contributed by atoms with Crippen molar-refractivity contribution < 1.29 is 18.4 Å². The molecule has 2 aromatic rings. The van der Waals surface area contributed by atoms with Crippen molar-refractivity contribution in [1.29, 1.82) is 0 Å². The lowest BCUT2D eigenvalue weighted by Gasteiger charge is -2.35. The summed E-state index contributed by atoms with van der Waals surface area (Å²) in [6.45, 7) is 0. The van der Waals surface area contributed by atoms with Gasteiger partial charge in [0.25, 0.3) is 11.8 Å². The van der Waals surface area contributed by atoms with Crippen molar-refractivity contribution in [2.75, 3.05) is 5.32 Å². The van der Waals surface area contributed by atoms with Crippen LogP contribution in [-0.4, -0.2) is 28.1 Å². The van der Waals surface area contributed by atoms with Crippen LogP contribution in [0.3, 0.4) is 0 Å². The van der Waals surface area contributed by atoms with E-state index in [1.54, 1.807) is 18.2 Å². The predicted molar refractivity (Wildman–Crippen MR) is 125 cm³/mol. The Hall–Kier alpha value is -1.12. The van der Waals surface area contributed by atoms with Crippen LogP contribution in [0.4, 0.5) is 14.5 Å². The van der Waals surface area contributed by atoms with Gasteiger partial charge in [0.15, 0.2) is 0 Å². The fourth-order valence-corrected chi connectivity index (χ4v) is 5.76. The Balaban J connectivity index is 1.46. The topological polar surface area (TPSA) is 58.2 Å². The molecule has 0 heterocycles.